The Bertz CT molecular complexity index is 537. The highest BCUT2D eigenvalue weighted by Crippen LogP contribution is 2.68. The van der Waals surface area contributed by atoms with Gasteiger partial charge in [-0.25, -0.2) is 0 Å². The monoisotopic (exact) mass is 369 g/mol. The van der Waals surface area contributed by atoms with Crippen molar-refractivity contribution in [2.75, 3.05) is 26.2 Å². The van der Waals surface area contributed by atoms with E-state index in [4.69, 9.17) is 19.6 Å². The van der Waals surface area contributed by atoms with Gasteiger partial charge in [-0.3, -0.25) is 14.1 Å². The van der Waals surface area contributed by atoms with Crippen LogP contribution in [0.3, 0.4) is 0 Å². The highest BCUT2D eigenvalue weighted by atomic mass is 31.2. The van der Waals surface area contributed by atoms with Gasteiger partial charge in [-0.05, 0) is 11.6 Å². The molecule has 1 fully saturated rings. The molecule has 2 rings (SSSR count). The summed E-state index contributed by atoms with van der Waals surface area (Å²) in [5, 5.41) is 12.6. The predicted molar refractivity (Wildman–Crippen MR) is 82.7 cm³/mol. The Labute approximate surface area is 133 Å². The Hall–Kier alpha value is -0.670. The van der Waals surface area contributed by atoms with Gasteiger partial charge in [-0.2, -0.15) is 0 Å². The zero-order chi connectivity index (χ0) is 17.6. The van der Waals surface area contributed by atoms with Crippen LogP contribution in [-0.2, 0) is 15.6 Å². The molecular weight excluding hydrogens is 348 g/mol. The van der Waals surface area contributed by atoms with Crippen molar-refractivity contribution in [1.82, 2.24) is 15.6 Å². The molecule has 0 unspecified atom stereocenters. The Morgan fingerprint density at radius 1 is 1.04 bits per heavy atom. The lowest BCUT2D eigenvalue weighted by molar-refractivity contribution is 0.131. The first-order valence-corrected chi connectivity index (χ1v) is 9.94. The first kappa shape index (κ1) is 20.4. The van der Waals surface area contributed by atoms with E-state index in [-0.39, 0.29) is 5.56 Å². The van der Waals surface area contributed by atoms with E-state index in [9.17, 15) is 14.2 Å². The molecule has 2 heterocycles. The van der Waals surface area contributed by atoms with E-state index in [2.05, 4.69) is 15.6 Å². The van der Waals surface area contributed by atoms with Crippen LogP contribution in [0.1, 0.15) is 5.56 Å². The molecule has 12 heteroatoms. The second kappa shape index (κ2) is 8.43. The molecule has 0 aliphatic carbocycles. The third kappa shape index (κ3) is 6.04. The minimum atomic E-state index is -5.41. The van der Waals surface area contributed by atoms with Gasteiger partial charge in [0.25, 0.3) is 5.08 Å². The summed E-state index contributed by atoms with van der Waals surface area (Å²) >= 11 is 0. The van der Waals surface area contributed by atoms with Crippen molar-refractivity contribution >= 4 is 15.2 Å². The van der Waals surface area contributed by atoms with E-state index in [1.54, 1.807) is 0 Å². The number of hydrogen-bond acceptors (Lipinski definition) is 6. The quantitative estimate of drug-likeness (QED) is 0.320. The Morgan fingerprint density at radius 2 is 1.52 bits per heavy atom. The van der Waals surface area contributed by atoms with Crippen LogP contribution in [0.15, 0.2) is 24.5 Å². The number of piperazine rings is 1. The van der Waals surface area contributed by atoms with E-state index < -0.39 is 26.7 Å². The lowest BCUT2D eigenvalue weighted by atomic mass is 10.2. The summed E-state index contributed by atoms with van der Waals surface area (Å²) in [6, 6.07) is 2.75. The highest BCUT2D eigenvalue weighted by Gasteiger charge is 2.59. The van der Waals surface area contributed by atoms with Crippen LogP contribution in [-0.4, -0.2) is 60.9 Å². The molecule has 10 nitrogen and oxygen atoms in total. The highest BCUT2D eigenvalue weighted by molar-refractivity contribution is 7.72. The fourth-order valence-corrected chi connectivity index (χ4v) is 3.89. The summed E-state index contributed by atoms with van der Waals surface area (Å²) in [6.07, 6.45) is 1.63. The third-order valence-electron chi connectivity index (χ3n) is 3.05. The van der Waals surface area contributed by atoms with Crippen molar-refractivity contribution in [3.05, 3.63) is 30.1 Å². The van der Waals surface area contributed by atoms with Crippen molar-refractivity contribution in [2.45, 2.75) is 11.5 Å². The Kier molecular flexibility index (Phi) is 7.47. The summed E-state index contributed by atoms with van der Waals surface area (Å²) in [5.74, 6) is 0. The molecule has 0 amide bonds. The molecule has 1 saturated heterocycles. The number of nitrogens with zero attached hydrogens (tertiary/aromatic N) is 1. The fraction of sp³-hybridized carbons (Fsp3) is 0.545. The van der Waals surface area contributed by atoms with E-state index in [1.165, 1.54) is 18.3 Å². The molecule has 7 N–H and O–H groups in total. The molecule has 0 bridgehead atoms. The normalized spacial score (nSPS) is 16.4. The molecule has 1 aliphatic rings. The van der Waals surface area contributed by atoms with Gasteiger partial charge in [-0.15, -0.1) is 0 Å². The van der Waals surface area contributed by atoms with Crippen molar-refractivity contribution in [3.8, 4) is 0 Å². The number of pyridine rings is 1. The maximum atomic E-state index is 11.0. The molecule has 23 heavy (non-hydrogen) atoms. The van der Waals surface area contributed by atoms with Crippen molar-refractivity contribution in [1.29, 1.82) is 0 Å². The zero-order valence-corrected chi connectivity index (χ0v) is 14.0. The molecule has 132 valence electrons. The van der Waals surface area contributed by atoms with Crippen LogP contribution in [0.2, 0.25) is 0 Å². The van der Waals surface area contributed by atoms with Crippen LogP contribution >= 0.6 is 15.2 Å². The maximum Gasteiger partial charge on any atom is 0.369 e. The van der Waals surface area contributed by atoms with Gasteiger partial charge >= 0.3 is 15.2 Å². The van der Waals surface area contributed by atoms with Gasteiger partial charge in [-0.1, -0.05) is 6.07 Å². The van der Waals surface area contributed by atoms with Crippen molar-refractivity contribution in [2.24, 2.45) is 0 Å². The topological polar surface area (TPSA) is 172 Å². The smallest absolute Gasteiger partial charge is 0.367 e. The van der Waals surface area contributed by atoms with Crippen LogP contribution in [0.4, 0.5) is 0 Å². The first-order valence-electron chi connectivity index (χ1n) is 6.72. The lowest BCUT2D eigenvalue weighted by Gasteiger charge is -2.29. The first-order chi connectivity index (χ1) is 10.6. The molecule has 1 aromatic rings. The summed E-state index contributed by atoms with van der Waals surface area (Å²) in [7, 11) is -10.8. The summed E-state index contributed by atoms with van der Waals surface area (Å²) < 4.78 is 22.1. The maximum absolute atomic E-state index is 11.0. The van der Waals surface area contributed by atoms with Gasteiger partial charge in [0.2, 0.25) is 0 Å². The average Bonchev–Trinajstić information content (AvgIpc) is 2.48. The van der Waals surface area contributed by atoms with E-state index in [1.807, 2.05) is 0 Å². The van der Waals surface area contributed by atoms with Gasteiger partial charge in [0.05, 0.1) is 0 Å². The largest absolute Gasteiger partial charge is 0.369 e. The Morgan fingerprint density at radius 3 is 1.83 bits per heavy atom. The van der Waals surface area contributed by atoms with Crippen LogP contribution in [0, 0.1) is 0 Å². The number of hydrogen-bond donors (Lipinski definition) is 7. The van der Waals surface area contributed by atoms with E-state index in [0.717, 1.165) is 32.4 Å². The molecule has 1 aliphatic heterocycles. The number of aliphatic hydroxyl groups is 1. The standard InChI is InChI=1S/C7H11NO7P2.C4H10N2/c9-7(16(10,11)12,17(13,14)15)4-6-2-1-3-8-5-6;1-2-6-4-3-5-1/h1-3,5,9H,4H2,(H2,10,11,12)(H2,13,14,15);5-6H,1-4H2. The SMILES string of the molecule is C1CNCCN1.O=P(O)(O)C(O)(Cc1cccnc1)P(=O)(O)O. The van der Waals surface area contributed by atoms with Gasteiger partial charge in [0.1, 0.15) is 0 Å². The molecular formula is C11H21N3O7P2. The number of rotatable bonds is 4. The van der Waals surface area contributed by atoms with E-state index in [0.29, 0.717) is 0 Å². The summed E-state index contributed by atoms with van der Waals surface area (Å²) in [5.41, 5.74) is 0.0988. The van der Waals surface area contributed by atoms with Crippen molar-refractivity contribution in [3.63, 3.8) is 0 Å². The predicted octanol–water partition coefficient (Wildman–Crippen LogP) is -1.20. The molecule has 0 spiro atoms. The summed E-state index contributed by atoms with van der Waals surface area (Å²) in [4.78, 5) is 39.1. The van der Waals surface area contributed by atoms with Crippen LogP contribution in [0.5, 0.6) is 0 Å². The van der Waals surface area contributed by atoms with Crippen LogP contribution < -0.4 is 10.6 Å². The van der Waals surface area contributed by atoms with Crippen molar-refractivity contribution < 1.29 is 33.8 Å². The number of nitrogens with one attached hydrogen (secondary N) is 2. The van der Waals surface area contributed by atoms with Crippen LogP contribution in [0.25, 0.3) is 0 Å². The molecule has 0 saturated carbocycles. The summed E-state index contributed by atoms with van der Waals surface area (Å²) in [6.45, 7) is 4.56. The molecule has 1 aromatic heterocycles. The van der Waals surface area contributed by atoms with Gasteiger partial charge in [0, 0.05) is 45.0 Å². The van der Waals surface area contributed by atoms with E-state index >= 15 is 0 Å². The third-order valence-corrected chi connectivity index (χ3v) is 6.80. The zero-order valence-electron chi connectivity index (χ0n) is 12.2. The fourth-order valence-electron chi connectivity index (χ4n) is 1.76. The number of aromatic nitrogens is 1. The second-order valence-electron chi connectivity index (χ2n) is 4.90. The molecule has 0 atom stereocenters. The molecule has 0 aromatic carbocycles. The minimum Gasteiger partial charge on any atom is -0.367 e. The van der Waals surface area contributed by atoms with Gasteiger partial charge in [0.15, 0.2) is 0 Å². The minimum absolute atomic E-state index is 0.0988. The lowest BCUT2D eigenvalue weighted by Crippen LogP contribution is -2.39. The Balaban J connectivity index is 0.000000366. The second-order valence-corrected chi connectivity index (χ2v) is 8.91. The van der Waals surface area contributed by atoms with Gasteiger partial charge < -0.3 is 35.3 Å². The molecule has 0 radical (unpaired) electrons. The average molecular weight is 369 g/mol.